The van der Waals surface area contributed by atoms with Crippen LogP contribution in [0.5, 0.6) is 0 Å². The van der Waals surface area contributed by atoms with E-state index in [0.29, 0.717) is 0 Å². The molecule has 0 aromatic carbocycles. The largest absolute Gasteiger partial charge is 0.433 e. The average molecular weight is 452 g/mol. The second-order valence-electron chi connectivity index (χ2n) is 8.05. The minimum absolute atomic E-state index is 0.000676. The molecule has 0 bridgehead atoms. The number of nitrogens with zero attached hydrogens (tertiary/aromatic N) is 4. The van der Waals surface area contributed by atoms with E-state index in [4.69, 9.17) is 0 Å². The summed E-state index contributed by atoms with van der Waals surface area (Å²) < 4.78 is 79.8. The van der Waals surface area contributed by atoms with E-state index in [0.717, 1.165) is 4.90 Å². The molecule has 0 saturated carbocycles. The zero-order valence-electron chi connectivity index (χ0n) is 16.8. The summed E-state index contributed by atoms with van der Waals surface area (Å²) in [5.74, 6) is -4.78. The summed E-state index contributed by atoms with van der Waals surface area (Å²) >= 11 is 0. The quantitative estimate of drug-likeness (QED) is 0.644. The number of hydrogen-bond donors (Lipinski definition) is 0. The predicted molar refractivity (Wildman–Crippen MR) is 95.5 cm³/mol. The number of carbonyl (C=O) groups excluding carboxylic acids is 2. The minimum Gasteiger partial charge on any atom is -0.336 e. The molecular weight excluding hydrogens is 430 g/mol. The maximum absolute atomic E-state index is 13.6. The third-order valence-corrected chi connectivity index (χ3v) is 5.39. The second-order valence-corrected chi connectivity index (χ2v) is 8.05. The zero-order chi connectivity index (χ0) is 23.0. The number of piperidine rings is 1. The van der Waals surface area contributed by atoms with Gasteiger partial charge in [0.1, 0.15) is 6.67 Å². The Balaban J connectivity index is 1.66. The summed E-state index contributed by atoms with van der Waals surface area (Å²) in [5.41, 5.74) is -1.38. The lowest BCUT2D eigenvalue weighted by Crippen LogP contribution is -2.48. The lowest BCUT2D eigenvalue weighted by atomic mass is 9.99. The summed E-state index contributed by atoms with van der Waals surface area (Å²) in [4.78, 5) is 34.0. The molecule has 1 aromatic heterocycles. The van der Waals surface area contributed by atoms with Gasteiger partial charge in [0, 0.05) is 37.9 Å². The van der Waals surface area contributed by atoms with Crippen LogP contribution in [0.3, 0.4) is 0 Å². The van der Waals surface area contributed by atoms with E-state index in [9.17, 15) is 35.9 Å². The van der Waals surface area contributed by atoms with Crippen molar-refractivity contribution >= 4 is 11.8 Å². The number of fused-ring (bicyclic) bond motifs is 1. The smallest absolute Gasteiger partial charge is 0.336 e. The van der Waals surface area contributed by atoms with Crippen molar-refractivity contribution < 1.29 is 35.9 Å². The fraction of sp³-hybridized carbons (Fsp3) is 0.684. The van der Waals surface area contributed by atoms with E-state index in [1.807, 2.05) is 0 Å². The topological polar surface area (TPSA) is 66.4 Å². The van der Waals surface area contributed by atoms with Gasteiger partial charge in [0.2, 0.25) is 11.8 Å². The molecule has 0 N–H and O–H groups in total. The van der Waals surface area contributed by atoms with E-state index in [1.54, 1.807) is 6.92 Å². The summed E-state index contributed by atoms with van der Waals surface area (Å²) in [6.45, 7) is -0.556. The van der Waals surface area contributed by atoms with Crippen molar-refractivity contribution in [2.45, 2.75) is 57.9 Å². The van der Waals surface area contributed by atoms with Gasteiger partial charge < -0.3 is 9.80 Å². The highest BCUT2D eigenvalue weighted by Gasteiger charge is 2.40. The Kier molecular flexibility index (Phi) is 6.47. The molecule has 2 aliphatic rings. The minimum atomic E-state index is -4.76. The molecule has 0 spiro atoms. The molecule has 0 radical (unpaired) electrons. The highest BCUT2D eigenvalue weighted by atomic mass is 19.4. The van der Waals surface area contributed by atoms with E-state index >= 15 is 0 Å². The first-order valence-corrected chi connectivity index (χ1v) is 9.85. The molecule has 31 heavy (non-hydrogen) atoms. The zero-order valence-corrected chi connectivity index (χ0v) is 16.8. The van der Waals surface area contributed by atoms with E-state index < -0.39 is 61.0 Å². The van der Waals surface area contributed by atoms with Gasteiger partial charge in [-0.05, 0) is 12.3 Å². The maximum Gasteiger partial charge on any atom is 0.433 e. The van der Waals surface area contributed by atoms with Gasteiger partial charge in [-0.15, -0.1) is 0 Å². The fourth-order valence-electron chi connectivity index (χ4n) is 3.92. The number of carbonyl (C=O) groups is 2. The first kappa shape index (κ1) is 23.3. The normalized spacial score (nSPS) is 19.9. The highest BCUT2D eigenvalue weighted by Crippen LogP contribution is 2.34. The van der Waals surface area contributed by atoms with Gasteiger partial charge in [0.05, 0.1) is 18.8 Å². The molecule has 12 heteroatoms. The maximum atomic E-state index is 13.6. The molecule has 3 rings (SSSR count). The van der Waals surface area contributed by atoms with Crippen molar-refractivity contribution in [3.8, 4) is 0 Å². The molecule has 6 nitrogen and oxygen atoms in total. The molecule has 0 aliphatic carbocycles. The van der Waals surface area contributed by atoms with Crippen molar-refractivity contribution in [2.75, 3.05) is 19.6 Å². The Bertz CT molecular complexity index is 861. The van der Waals surface area contributed by atoms with Crippen LogP contribution in [0.15, 0.2) is 0 Å². The van der Waals surface area contributed by atoms with Crippen LogP contribution in [0, 0.1) is 5.92 Å². The Hall–Kier alpha value is -2.40. The Labute approximate surface area is 174 Å². The van der Waals surface area contributed by atoms with Gasteiger partial charge in [-0.3, -0.25) is 9.59 Å². The van der Waals surface area contributed by atoms with Gasteiger partial charge in [0.15, 0.2) is 11.5 Å². The number of aromatic nitrogens is 2. The summed E-state index contributed by atoms with van der Waals surface area (Å²) in [6.07, 6.45) is -5.72. The molecule has 172 valence electrons. The Morgan fingerprint density at radius 2 is 1.94 bits per heavy atom. The van der Waals surface area contributed by atoms with Crippen molar-refractivity contribution in [3.05, 3.63) is 22.8 Å². The van der Waals surface area contributed by atoms with Crippen LogP contribution in [-0.4, -0.2) is 57.1 Å². The van der Waals surface area contributed by atoms with E-state index in [2.05, 4.69) is 9.97 Å². The summed E-state index contributed by atoms with van der Waals surface area (Å²) in [7, 11) is 0. The molecule has 1 fully saturated rings. The number of alkyl halides is 6. The molecule has 1 aromatic rings. The second kappa shape index (κ2) is 8.62. The van der Waals surface area contributed by atoms with Gasteiger partial charge in [-0.2, -0.15) is 13.2 Å². The first-order chi connectivity index (χ1) is 14.4. The molecule has 1 atom stereocenters. The van der Waals surface area contributed by atoms with Crippen LogP contribution < -0.4 is 0 Å². The third kappa shape index (κ3) is 5.45. The fourth-order valence-corrected chi connectivity index (χ4v) is 3.92. The van der Waals surface area contributed by atoms with Crippen LogP contribution in [0.4, 0.5) is 26.3 Å². The number of likely N-dealkylation sites (tertiary alicyclic amines) is 1. The number of rotatable bonds is 5. The average Bonchev–Trinajstić information content (AvgIpc) is 2.68. The SMILES string of the molecule is CC(CC(=O)N1CCc2c(nc(CF)nc2C(F)(F)F)C1)CN1CC(F)(F)CCC1=O. The third-order valence-electron chi connectivity index (χ3n) is 5.39. The van der Waals surface area contributed by atoms with Crippen LogP contribution >= 0.6 is 0 Å². The predicted octanol–water partition coefficient (Wildman–Crippen LogP) is 3.13. The van der Waals surface area contributed by atoms with Crippen LogP contribution in [-0.2, 0) is 35.4 Å². The first-order valence-electron chi connectivity index (χ1n) is 9.85. The Morgan fingerprint density at radius 3 is 2.58 bits per heavy atom. The van der Waals surface area contributed by atoms with Crippen molar-refractivity contribution in [3.63, 3.8) is 0 Å². The van der Waals surface area contributed by atoms with Crippen molar-refractivity contribution in [2.24, 2.45) is 5.92 Å². The number of halogens is 6. The van der Waals surface area contributed by atoms with Crippen molar-refractivity contribution in [1.82, 2.24) is 19.8 Å². The van der Waals surface area contributed by atoms with Gasteiger partial charge in [0.25, 0.3) is 5.92 Å². The molecular formula is C19H22F6N4O2. The van der Waals surface area contributed by atoms with Crippen LogP contribution in [0.1, 0.15) is 49.0 Å². The monoisotopic (exact) mass is 452 g/mol. The van der Waals surface area contributed by atoms with Gasteiger partial charge in [-0.1, -0.05) is 6.92 Å². The molecule has 2 amide bonds. The highest BCUT2D eigenvalue weighted by molar-refractivity contribution is 5.78. The molecule has 1 saturated heterocycles. The van der Waals surface area contributed by atoms with Crippen LogP contribution in [0.25, 0.3) is 0 Å². The molecule has 1 unspecified atom stereocenters. The molecule has 3 heterocycles. The summed E-state index contributed by atoms with van der Waals surface area (Å²) in [6, 6.07) is 0. The van der Waals surface area contributed by atoms with Crippen molar-refractivity contribution in [1.29, 1.82) is 0 Å². The molecule has 2 aliphatic heterocycles. The number of amides is 2. The van der Waals surface area contributed by atoms with Crippen LogP contribution in [0.2, 0.25) is 0 Å². The standard InChI is InChI=1S/C19H22F6N4O2/c1-11(8-29-10-18(21,22)4-2-15(29)30)6-16(31)28-5-3-12-13(9-28)26-14(7-20)27-17(12)19(23,24)25/h11H,2-10H2,1H3. The van der Waals surface area contributed by atoms with Gasteiger partial charge >= 0.3 is 6.18 Å². The lowest BCUT2D eigenvalue weighted by molar-refractivity contribution is -0.148. The Morgan fingerprint density at radius 1 is 1.23 bits per heavy atom. The van der Waals surface area contributed by atoms with E-state index in [-0.39, 0.29) is 50.2 Å². The van der Waals surface area contributed by atoms with Gasteiger partial charge in [-0.25, -0.2) is 23.1 Å². The number of hydrogen-bond acceptors (Lipinski definition) is 4. The summed E-state index contributed by atoms with van der Waals surface area (Å²) in [5, 5.41) is 0. The lowest BCUT2D eigenvalue weighted by Gasteiger charge is -2.34. The van der Waals surface area contributed by atoms with E-state index in [1.165, 1.54) is 4.90 Å².